The van der Waals surface area contributed by atoms with Crippen LogP contribution in [-0.4, -0.2) is 16.7 Å². The summed E-state index contributed by atoms with van der Waals surface area (Å²) in [6.07, 6.45) is 2.19. The summed E-state index contributed by atoms with van der Waals surface area (Å²) in [7, 11) is 0. The molecule has 0 unspecified atom stereocenters. The van der Waals surface area contributed by atoms with E-state index in [-0.39, 0.29) is 17.6 Å². The maximum atomic E-state index is 13.4. The number of rotatable bonds is 3. The number of pyridine rings is 1. The molecular formula is C24H25N3O2. The molecule has 2 N–H and O–H groups in total. The van der Waals surface area contributed by atoms with Crippen LogP contribution in [-0.2, 0) is 9.59 Å². The van der Waals surface area contributed by atoms with E-state index >= 15 is 0 Å². The first-order valence-corrected chi connectivity index (χ1v) is 10.00. The molecule has 0 saturated heterocycles. The Morgan fingerprint density at radius 3 is 2.62 bits per heavy atom. The van der Waals surface area contributed by atoms with Gasteiger partial charge in [-0.25, -0.2) is 4.98 Å². The number of hydrogen-bond acceptors (Lipinski definition) is 4. The second-order valence-corrected chi connectivity index (χ2v) is 7.74. The van der Waals surface area contributed by atoms with Crippen LogP contribution in [0.3, 0.4) is 0 Å². The molecule has 1 aromatic heterocycles. The lowest BCUT2D eigenvalue weighted by Crippen LogP contribution is -2.35. The van der Waals surface area contributed by atoms with E-state index < -0.39 is 0 Å². The largest absolute Gasteiger partial charge is 0.362 e. The van der Waals surface area contributed by atoms with Crippen LogP contribution in [0, 0.1) is 13.8 Å². The monoisotopic (exact) mass is 387 g/mol. The van der Waals surface area contributed by atoms with Gasteiger partial charge in [-0.05, 0) is 56.9 Å². The van der Waals surface area contributed by atoms with E-state index in [1.165, 1.54) is 0 Å². The van der Waals surface area contributed by atoms with E-state index in [1.807, 2.05) is 57.2 Å². The number of nitrogens with zero attached hydrogens (tertiary/aromatic N) is 1. The van der Waals surface area contributed by atoms with E-state index in [9.17, 15) is 9.59 Å². The first-order valence-electron chi connectivity index (χ1n) is 10.00. The van der Waals surface area contributed by atoms with Crippen molar-refractivity contribution in [2.75, 3.05) is 5.32 Å². The summed E-state index contributed by atoms with van der Waals surface area (Å²) in [5, 5.41) is 6.28. The molecule has 0 saturated carbocycles. The number of carbonyl (C=O) groups excluding carboxylic acids is 2. The van der Waals surface area contributed by atoms with Gasteiger partial charge in [0.15, 0.2) is 5.78 Å². The van der Waals surface area contributed by atoms with Crippen molar-refractivity contribution >= 4 is 17.5 Å². The van der Waals surface area contributed by atoms with Gasteiger partial charge in [0.25, 0.3) is 5.91 Å². The molecule has 4 rings (SSSR count). The molecule has 0 radical (unpaired) electrons. The minimum atomic E-state index is -0.370. The van der Waals surface area contributed by atoms with E-state index in [0.29, 0.717) is 17.8 Å². The van der Waals surface area contributed by atoms with E-state index in [2.05, 4.69) is 15.6 Å². The van der Waals surface area contributed by atoms with Crippen LogP contribution in [0.1, 0.15) is 48.9 Å². The third-order valence-electron chi connectivity index (χ3n) is 5.65. The Labute approximate surface area is 170 Å². The van der Waals surface area contributed by atoms with Crippen molar-refractivity contribution < 1.29 is 9.59 Å². The number of amides is 1. The summed E-state index contributed by atoms with van der Waals surface area (Å²) in [4.78, 5) is 30.7. The van der Waals surface area contributed by atoms with Gasteiger partial charge in [-0.3, -0.25) is 9.59 Å². The van der Waals surface area contributed by atoms with Crippen LogP contribution in [0.2, 0.25) is 0 Å². The van der Waals surface area contributed by atoms with Crippen molar-refractivity contribution in [2.24, 2.45) is 0 Å². The number of dihydropyridines is 1. The van der Waals surface area contributed by atoms with Gasteiger partial charge < -0.3 is 10.6 Å². The number of anilines is 1. The van der Waals surface area contributed by atoms with Gasteiger partial charge in [0.1, 0.15) is 5.82 Å². The molecule has 1 amide bonds. The first-order chi connectivity index (χ1) is 14.0. The average Bonchev–Trinajstić information content (AvgIpc) is 2.67. The highest BCUT2D eigenvalue weighted by molar-refractivity contribution is 6.09. The van der Waals surface area contributed by atoms with Crippen LogP contribution in [0.25, 0.3) is 0 Å². The number of allylic oxidation sites excluding steroid dienone is 3. The number of Topliss-reactive ketones (excluding diaryl/α,β-unsaturated/α-hetero) is 1. The maximum Gasteiger partial charge on any atom is 0.255 e. The van der Waals surface area contributed by atoms with Crippen LogP contribution in [0.4, 0.5) is 5.82 Å². The molecule has 1 atom stereocenters. The minimum Gasteiger partial charge on any atom is -0.362 e. The Morgan fingerprint density at radius 1 is 1.07 bits per heavy atom. The Morgan fingerprint density at radius 2 is 1.86 bits per heavy atom. The topological polar surface area (TPSA) is 71.1 Å². The molecule has 2 aromatic rings. The summed E-state index contributed by atoms with van der Waals surface area (Å²) in [6.45, 7) is 5.82. The first kappa shape index (κ1) is 19.1. The summed E-state index contributed by atoms with van der Waals surface area (Å²) in [5.74, 6) is 0.0309. The fourth-order valence-corrected chi connectivity index (χ4v) is 4.30. The number of hydrogen-bond donors (Lipinski definition) is 2. The zero-order valence-electron chi connectivity index (χ0n) is 17.0. The lowest BCUT2D eigenvalue weighted by molar-refractivity contribution is -0.116. The van der Waals surface area contributed by atoms with Crippen LogP contribution in [0.15, 0.2) is 65.0 Å². The summed E-state index contributed by atoms with van der Waals surface area (Å²) in [5.41, 5.74) is 5.96. The molecule has 1 aliphatic carbocycles. The summed E-state index contributed by atoms with van der Waals surface area (Å²) < 4.78 is 0. The third kappa shape index (κ3) is 3.60. The Balaban J connectivity index is 1.81. The average molecular weight is 387 g/mol. The highest BCUT2D eigenvalue weighted by Crippen LogP contribution is 2.43. The molecule has 0 spiro atoms. The second kappa shape index (κ2) is 7.66. The zero-order valence-corrected chi connectivity index (χ0v) is 17.0. The van der Waals surface area contributed by atoms with Gasteiger partial charge in [0, 0.05) is 40.6 Å². The SMILES string of the molecule is CC1=C(C(=O)Nc2cccc(C)n2)[C@@H](c2ccccc2C)C2=C(CCCC2=O)N1. The standard InChI is InChI=1S/C24H25N3O2/c1-14-8-4-5-10-17(14)22-21(24(29)27-20-13-6-9-15(2)25-20)16(3)26-18-11-7-12-19(28)23(18)22/h4-6,8-10,13,22,26H,7,11-12H2,1-3H3,(H,25,27,29)/t22-/m1/s1. The molecule has 1 aromatic carbocycles. The fourth-order valence-electron chi connectivity index (χ4n) is 4.30. The highest BCUT2D eigenvalue weighted by Gasteiger charge is 2.38. The smallest absolute Gasteiger partial charge is 0.255 e. The van der Waals surface area contributed by atoms with E-state index in [0.717, 1.165) is 46.6 Å². The van der Waals surface area contributed by atoms with Gasteiger partial charge in [0.2, 0.25) is 0 Å². The van der Waals surface area contributed by atoms with Gasteiger partial charge >= 0.3 is 0 Å². The maximum absolute atomic E-state index is 13.4. The number of aromatic nitrogens is 1. The number of nitrogens with one attached hydrogen (secondary N) is 2. The van der Waals surface area contributed by atoms with Crippen LogP contribution in [0.5, 0.6) is 0 Å². The van der Waals surface area contributed by atoms with Gasteiger partial charge in [-0.1, -0.05) is 30.3 Å². The molecule has 148 valence electrons. The molecule has 2 heterocycles. The fraction of sp³-hybridized carbons (Fsp3) is 0.292. The van der Waals surface area contributed by atoms with Gasteiger partial charge in [0.05, 0.1) is 0 Å². The van der Waals surface area contributed by atoms with E-state index in [1.54, 1.807) is 6.07 Å². The number of carbonyl (C=O) groups is 2. The van der Waals surface area contributed by atoms with E-state index in [4.69, 9.17) is 0 Å². The van der Waals surface area contributed by atoms with Crippen molar-refractivity contribution in [2.45, 2.75) is 46.0 Å². The summed E-state index contributed by atoms with van der Waals surface area (Å²) >= 11 is 0. The molecule has 5 nitrogen and oxygen atoms in total. The predicted molar refractivity (Wildman–Crippen MR) is 113 cm³/mol. The number of ketones is 1. The molecule has 2 aliphatic rings. The zero-order chi connectivity index (χ0) is 20.5. The van der Waals surface area contributed by atoms with Crippen molar-refractivity contribution in [3.05, 3.63) is 81.8 Å². The van der Waals surface area contributed by atoms with Crippen molar-refractivity contribution in [3.63, 3.8) is 0 Å². The Bertz CT molecular complexity index is 1070. The summed E-state index contributed by atoms with van der Waals surface area (Å²) in [6, 6.07) is 13.5. The minimum absolute atomic E-state index is 0.124. The Hall–Kier alpha value is -3.21. The Kier molecular flexibility index (Phi) is 5.05. The normalized spacial score (nSPS) is 19.0. The lowest BCUT2D eigenvalue weighted by atomic mass is 9.74. The molecule has 0 bridgehead atoms. The third-order valence-corrected chi connectivity index (χ3v) is 5.65. The second-order valence-electron chi connectivity index (χ2n) is 7.74. The van der Waals surface area contributed by atoms with Gasteiger partial charge in [-0.15, -0.1) is 0 Å². The molecule has 29 heavy (non-hydrogen) atoms. The number of benzene rings is 1. The van der Waals surface area contributed by atoms with Crippen molar-refractivity contribution in [1.29, 1.82) is 0 Å². The van der Waals surface area contributed by atoms with Gasteiger partial charge in [-0.2, -0.15) is 0 Å². The molecule has 5 heteroatoms. The highest BCUT2D eigenvalue weighted by atomic mass is 16.2. The molecule has 0 fully saturated rings. The van der Waals surface area contributed by atoms with Crippen molar-refractivity contribution in [1.82, 2.24) is 10.3 Å². The van der Waals surface area contributed by atoms with Crippen molar-refractivity contribution in [3.8, 4) is 0 Å². The lowest BCUT2D eigenvalue weighted by Gasteiger charge is -2.35. The quantitative estimate of drug-likeness (QED) is 0.823. The molecular weight excluding hydrogens is 362 g/mol. The molecule has 1 aliphatic heterocycles. The predicted octanol–water partition coefficient (Wildman–Crippen LogP) is 4.31. The van der Waals surface area contributed by atoms with Crippen LogP contribution < -0.4 is 10.6 Å². The number of aryl methyl sites for hydroxylation is 2. The van der Waals surface area contributed by atoms with Crippen LogP contribution >= 0.6 is 0 Å².